The van der Waals surface area contributed by atoms with Crippen molar-refractivity contribution < 1.29 is 8.76 Å². The van der Waals surface area contributed by atoms with Crippen molar-refractivity contribution in [2.75, 3.05) is 19.6 Å². The van der Waals surface area contributed by atoms with Gasteiger partial charge in [0.05, 0.1) is 5.25 Å². The molecule has 3 nitrogen and oxygen atoms in total. The first-order valence-corrected chi connectivity index (χ1v) is 5.23. The molecular formula is C7H15NO2S. The minimum atomic E-state index is -1.61. The third-order valence-electron chi connectivity index (χ3n) is 2.05. The maximum Gasteiger partial charge on any atom is 0.157 e. The number of rotatable bonds is 3. The zero-order valence-corrected chi connectivity index (χ0v) is 7.64. The van der Waals surface area contributed by atoms with E-state index in [4.69, 9.17) is 4.55 Å². The Balaban J connectivity index is 2.29. The third-order valence-corrected chi connectivity index (χ3v) is 3.01. The van der Waals surface area contributed by atoms with Crippen molar-refractivity contribution in [2.24, 2.45) is 0 Å². The first kappa shape index (κ1) is 9.16. The second kappa shape index (κ2) is 4.18. The van der Waals surface area contributed by atoms with Gasteiger partial charge in [-0.1, -0.05) is 6.92 Å². The summed E-state index contributed by atoms with van der Waals surface area (Å²) in [5, 5.41) is 0.00144. The molecule has 11 heavy (non-hydrogen) atoms. The molecule has 0 amide bonds. The molecule has 0 radical (unpaired) electrons. The number of hydrogen-bond acceptors (Lipinski definition) is 2. The smallest absolute Gasteiger partial charge is 0.157 e. The van der Waals surface area contributed by atoms with E-state index in [9.17, 15) is 4.21 Å². The molecule has 1 saturated heterocycles. The van der Waals surface area contributed by atoms with Crippen molar-refractivity contribution in [3.8, 4) is 0 Å². The van der Waals surface area contributed by atoms with Crippen LogP contribution in [0.1, 0.15) is 19.8 Å². The molecular weight excluding hydrogens is 162 g/mol. The van der Waals surface area contributed by atoms with E-state index in [0.717, 1.165) is 32.5 Å². The Kier molecular flexibility index (Phi) is 3.48. The van der Waals surface area contributed by atoms with Gasteiger partial charge < -0.3 is 9.45 Å². The van der Waals surface area contributed by atoms with Gasteiger partial charge in [0.15, 0.2) is 11.1 Å². The highest BCUT2D eigenvalue weighted by Gasteiger charge is 2.25. The van der Waals surface area contributed by atoms with E-state index in [-0.39, 0.29) is 5.25 Å². The van der Waals surface area contributed by atoms with E-state index in [2.05, 4.69) is 11.8 Å². The third kappa shape index (κ3) is 2.54. The largest absolute Gasteiger partial charge is 0.306 e. The first-order valence-electron chi connectivity index (χ1n) is 4.06. The minimum absolute atomic E-state index is 0.00144. The second-order valence-corrected chi connectivity index (χ2v) is 4.21. The highest BCUT2D eigenvalue weighted by atomic mass is 32.2. The van der Waals surface area contributed by atoms with E-state index in [1.807, 2.05) is 0 Å². The molecule has 0 aliphatic carbocycles. The number of hydrogen-bond donors (Lipinski definition) is 1. The minimum Gasteiger partial charge on any atom is -0.306 e. The standard InChI is InChI=1S/C7H15NO2S/c1-2-4-8-5-3-7(6-8)11(9)10/h7H,2-6H2,1H3,(H,9,10). The van der Waals surface area contributed by atoms with Gasteiger partial charge in [-0.05, 0) is 25.9 Å². The summed E-state index contributed by atoms with van der Waals surface area (Å²) >= 11 is -1.61. The molecule has 1 aliphatic rings. The normalized spacial score (nSPS) is 29.1. The molecule has 1 N–H and O–H groups in total. The van der Waals surface area contributed by atoms with Crippen LogP contribution in [0.2, 0.25) is 0 Å². The van der Waals surface area contributed by atoms with E-state index in [1.165, 1.54) is 0 Å². The molecule has 1 aliphatic heterocycles. The van der Waals surface area contributed by atoms with Crippen molar-refractivity contribution in [1.29, 1.82) is 0 Å². The molecule has 66 valence electrons. The average molecular weight is 177 g/mol. The molecule has 0 aromatic carbocycles. The quantitative estimate of drug-likeness (QED) is 0.645. The van der Waals surface area contributed by atoms with E-state index in [1.54, 1.807) is 0 Å². The molecule has 0 aromatic heterocycles. The second-order valence-electron chi connectivity index (χ2n) is 2.99. The summed E-state index contributed by atoms with van der Waals surface area (Å²) in [7, 11) is 0. The predicted molar refractivity (Wildman–Crippen MR) is 45.9 cm³/mol. The van der Waals surface area contributed by atoms with Gasteiger partial charge in [-0.3, -0.25) is 0 Å². The van der Waals surface area contributed by atoms with Crippen LogP contribution >= 0.6 is 0 Å². The average Bonchev–Trinajstić information content (AvgIpc) is 2.37. The summed E-state index contributed by atoms with van der Waals surface area (Å²) < 4.78 is 19.4. The zero-order chi connectivity index (χ0) is 8.27. The van der Waals surface area contributed by atoms with Crippen LogP contribution in [0.25, 0.3) is 0 Å². The van der Waals surface area contributed by atoms with Crippen LogP contribution in [0.3, 0.4) is 0 Å². The van der Waals surface area contributed by atoms with E-state index in [0.29, 0.717) is 0 Å². The van der Waals surface area contributed by atoms with Gasteiger partial charge in [0, 0.05) is 6.54 Å². The summed E-state index contributed by atoms with van der Waals surface area (Å²) in [4.78, 5) is 2.25. The van der Waals surface area contributed by atoms with Gasteiger partial charge in [0.2, 0.25) is 0 Å². The monoisotopic (exact) mass is 177 g/mol. The van der Waals surface area contributed by atoms with Crippen molar-refractivity contribution in [2.45, 2.75) is 25.0 Å². The Morgan fingerprint density at radius 2 is 2.45 bits per heavy atom. The van der Waals surface area contributed by atoms with E-state index < -0.39 is 11.1 Å². The van der Waals surface area contributed by atoms with Crippen molar-refractivity contribution in [1.82, 2.24) is 4.90 Å². The molecule has 0 saturated carbocycles. The van der Waals surface area contributed by atoms with Crippen LogP contribution in [0.5, 0.6) is 0 Å². The number of nitrogens with zero attached hydrogens (tertiary/aromatic N) is 1. The summed E-state index contributed by atoms with van der Waals surface area (Å²) in [5.74, 6) is 0. The summed E-state index contributed by atoms with van der Waals surface area (Å²) in [6.45, 7) is 4.98. The Morgan fingerprint density at radius 1 is 1.73 bits per heavy atom. The van der Waals surface area contributed by atoms with Gasteiger partial charge in [-0.15, -0.1) is 0 Å². The van der Waals surface area contributed by atoms with Crippen LogP contribution in [-0.2, 0) is 11.1 Å². The van der Waals surface area contributed by atoms with Crippen molar-refractivity contribution in [3.63, 3.8) is 0 Å². The maximum atomic E-state index is 10.6. The Labute approximate surface area is 70.1 Å². The zero-order valence-electron chi connectivity index (χ0n) is 6.82. The maximum absolute atomic E-state index is 10.6. The number of likely N-dealkylation sites (tertiary alicyclic amines) is 1. The van der Waals surface area contributed by atoms with Gasteiger partial charge in [0.25, 0.3) is 0 Å². The molecule has 2 atom stereocenters. The Bertz CT molecular complexity index is 151. The highest BCUT2D eigenvalue weighted by Crippen LogP contribution is 2.13. The molecule has 4 heteroatoms. The van der Waals surface area contributed by atoms with Crippen LogP contribution in [-0.4, -0.2) is 38.5 Å². The lowest BCUT2D eigenvalue weighted by atomic mass is 10.4. The predicted octanol–water partition coefficient (Wildman–Crippen LogP) is 0.692. The molecule has 0 aromatic rings. The van der Waals surface area contributed by atoms with Gasteiger partial charge in [0.1, 0.15) is 0 Å². The van der Waals surface area contributed by atoms with Gasteiger partial charge in [-0.2, -0.15) is 0 Å². The van der Waals surface area contributed by atoms with Crippen LogP contribution < -0.4 is 0 Å². The summed E-state index contributed by atoms with van der Waals surface area (Å²) in [6.07, 6.45) is 2.01. The van der Waals surface area contributed by atoms with E-state index >= 15 is 0 Å². The van der Waals surface area contributed by atoms with Crippen LogP contribution in [0.4, 0.5) is 0 Å². The van der Waals surface area contributed by atoms with Crippen LogP contribution in [0.15, 0.2) is 0 Å². The molecule has 0 bridgehead atoms. The first-order chi connectivity index (χ1) is 5.24. The van der Waals surface area contributed by atoms with Gasteiger partial charge >= 0.3 is 0 Å². The SMILES string of the molecule is CCCN1CCC(S(=O)O)C1. The topological polar surface area (TPSA) is 40.5 Å². The molecule has 1 heterocycles. The Hall–Kier alpha value is 0.0700. The van der Waals surface area contributed by atoms with Gasteiger partial charge in [-0.25, -0.2) is 4.21 Å². The van der Waals surface area contributed by atoms with Crippen molar-refractivity contribution in [3.05, 3.63) is 0 Å². The molecule has 0 spiro atoms. The lowest BCUT2D eigenvalue weighted by Gasteiger charge is -2.12. The molecule has 2 unspecified atom stereocenters. The molecule has 1 fully saturated rings. The fourth-order valence-corrected chi connectivity index (χ4v) is 2.13. The lowest BCUT2D eigenvalue weighted by molar-refractivity contribution is 0.339. The lowest BCUT2D eigenvalue weighted by Crippen LogP contribution is -2.24. The van der Waals surface area contributed by atoms with Crippen molar-refractivity contribution >= 4 is 11.1 Å². The summed E-state index contributed by atoms with van der Waals surface area (Å²) in [5.41, 5.74) is 0. The van der Waals surface area contributed by atoms with Crippen LogP contribution in [0, 0.1) is 0 Å². The summed E-state index contributed by atoms with van der Waals surface area (Å²) in [6, 6.07) is 0. The fraction of sp³-hybridized carbons (Fsp3) is 1.00. The molecule has 1 rings (SSSR count). The fourth-order valence-electron chi connectivity index (χ4n) is 1.48. The highest BCUT2D eigenvalue weighted by molar-refractivity contribution is 7.79. The Morgan fingerprint density at radius 3 is 2.91 bits per heavy atom.